The molecule has 3 aromatic rings. The van der Waals surface area contributed by atoms with E-state index in [1.165, 1.54) is 17.7 Å². The minimum atomic E-state index is 0.557. The molecule has 106 valence electrons. The molecule has 3 nitrogen and oxygen atoms in total. The third-order valence-electron chi connectivity index (χ3n) is 3.86. The summed E-state index contributed by atoms with van der Waals surface area (Å²) in [6, 6.07) is 10.6. The molecule has 0 radical (unpaired) electrons. The lowest BCUT2D eigenvalue weighted by Crippen LogP contribution is -2.29. The summed E-state index contributed by atoms with van der Waals surface area (Å²) < 4.78 is 0. The Morgan fingerprint density at radius 2 is 2.10 bits per heavy atom. The first kappa shape index (κ1) is 13.0. The van der Waals surface area contributed by atoms with E-state index in [1.807, 2.05) is 11.4 Å². The van der Waals surface area contributed by atoms with E-state index in [-0.39, 0.29) is 0 Å². The second-order valence-corrected chi connectivity index (χ2v) is 6.48. The number of aryl methyl sites for hydroxylation is 1. The lowest BCUT2D eigenvalue weighted by Gasteiger charge is -2.30. The van der Waals surface area contributed by atoms with Gasteiger partial charge in [0.05, 0.1) is 6.54 Å². The summed E-state index contributed by atoms with van der Waals surface area (Å²) in [6.45, 7) is 1.76. The van der Waals surface area contributed by atoms with Crippen molar-refractivity contribution in [2.24, 2.45) is 0 Å². The molecule has 0 atom stereocenters. The molecular formula is C16H14ClN3S. The van der Waals surface area contributed by atoms with Crippen LogP contribution in [0.4, 0.5) is 5.69 Å². The number of rotatable bonds is 2. The van der Waals surface area contributed by atoms with Crippen LogP contribution in [0.3, 0.4) is 0 Å². The number of hydrogen-bond donors (Lipinski definition) is 0. The quantitative estimate of drug-likeness (QED) is 0.660. The van der Waals surface area contributed by atoms with Gasteiger partial charge in [0.25, 0.3) is 0 Å². The summed E-state index contributed by atoms with van der Waals surface area (Å²) in [6.07, 6.45) is 2.32. The van der Waals surface area contributed by atoms with Crippen molar-refractivity contribution in [3.8, 4) is 0 Å². The Kier molecular flexibility index (Phi) is 3.28. The van der Waals surface area contributed by atoms with Crippen LogP contribution in [0, 0.1) is 0 Å². The molecular weight excluding hydrogens is 302 g/mol. The van der Waals surface area contributed by atoms with Crippen LogP contribution in [0.2, 0.25) is 5.15 Å². The average molecular weight is 316 g/mol. The first-order chi connectivity index (χ1) is 10.3. The van der Waals surface area contributed by atoms with Crippen molar-refractivity contribution in [1.29, 1.82) is 0 Å². The molecule has 4 rings (SSSR count). The van der Waals surface area contributed by atoms with Crippen molar-refractivity contribution in [3.63, 3.8) is 0 Å². The predicted octanol–water partition coefficient (Wildman–Crippen LogP) is 4.30. The van der Waals surface area contributed by atoms with E-state index in [0.717, 1.165) is 29.0 Å². The van der Waals surface area contributed by atoms with Crippen molar-refractivity contribution in [1.82, 2.24) is 9.97 Å². The van der Waals surface area contributed by atoms with Crippen molar-refractivity contribution in [3.05, 3.63) is 52.3 Å². The number of anilines is 1. The van der Waals surface area contributed by atoms with Gasteiger partial charge < -0.3 is 4.90 Å². The minimum Gasteiger partial charge on any atom is -0.364 e. The number of para-hydroxylation sites is 1. The van der Waals surface area contributed by atoms with Crippen LogP contribution in [0.25, 0.3) is 10.2 Å². The molecule has 0 spiro atoms. The van der Waals surface area contributed by atoms with Gasteiger partial charge in [-0.1, -0.05) is 29.8 Å². The Hall–Kier alpha value is -1.65. The number of halogens is 1. The van der Waals surface area contributed by atoms with Gasteiger partial charge in [-0.15, -0.1) is 11.3 Å². The fourth-order valence-electron chi connectivity index (χ4n) is 2.88. The largest absolute Gasteiger partial charge is 0.364 e. The van der Waals surface area contributed by atoms with Crippen LogP contribution >= 0.6 is 22.9 Å². The van der Waals surface area contributed by atoms with Crippen molar-refractivity contribution in [2.45, 2.75) is 19.4 Å². The second kappa shape index (κ2) is 5.28. The SMILES string of the molecule is Clc1nc(CN2CCCc3ccccc32)nc2sccc12. The zero-order valence-corrected chi connectivity index (χ0v) is 13.0. The Bertz CT molecular complexity index is 799. The summed E-state index contributed by atoms with van der Waals surface area (Å²) in [7, 11) is 0. The highest BCUT2D eigenvalue weighted by Crippen LogP contribution is 2.29. The highest BCUT2D eigenvalue weighted by molar-refractivity contribution is 7.16. The number of hydrogen-bond acceptors (Lipinski definition) is 4. The van der Waals surface area contributed by atoms with E-state index >= 15 is 0 Å². The van der Waals surface area contributed by atoms with Gasteiger partial charge in [-0.2, -0.15) is 0 Å². The number of thiophene rings is 1. The Balaban J connectivity index is 1.69. The van der Waals surface area contributed by atoms with Crippen LogP contribution < -0.4 is 4.90 Å². The monoisotopic (exact) mass is 315 g/mol. The molecule has 21 heavy (non-hydrogen) atoms. The minimum absolute atomic E-state index is 0.557. The maximum atomic E-state index is 6.26. The van der Waals surface area contributed by atoms with E-state index in [4.69, 9.17) is 11.6 Å². The molecule has 3 heterocycles. The number of nitrogens with zero attached hydrogens (tertiary/aromatic N) is 3. The van der Waals surface area contributed by atoms with Crippen molar-refractivity contribution >= 4 is 38.8 Å². The zero-order chi connectivity index (χ0) is 14.2. The number of aromatic nitrogens is 2. The molecule has 2 aromatic heterocycles. The summed E-state index contributed by atoms with van der Waals surface area (Å²) in [5.74, 6) is 0.798. The summed E-state index contributed by atoms with van der Waals surface area (Å²) >= 11 is 7.87. The maximum absolute atomic E-state index is 6.26. The maximum Gasteiger partial charge on any atom is 0.151 e. The van der Waals surface area contributed by atoms with Crippen LogP contribution in [-0.4, -0.2) is 16.5 Å². The van der Waals surface area contributed by atoms with Crippen molar-refractivity contribution in [2.75, 3.05) is 11.4 Å². The van der Waals surface area contributed by atoms with Crippen molar-refractivity contribution < 1.29 is 0 Å². The predicted molar refractivity (Wildman–Crippen MR) is 88.2 cm³/mol. The summed E-state index contributed by atoms with van der Waals surface area (Å²) in [5.41, 5.74) is 2.71. The highest BCUT2D eigenvalue weighted by Gasteiger charge is 2.18. The van der Waals surface area contributed by atoms with E-state index in [2.05, 4.69) is 39.1 Å². The van der Waals surface area contributed by atoms with E-state index in [0.29, 0.717) is 11.7 Å². The molecule has 1 aromatic carbocycles. The average Bonchev–Trinajstić information content (AvgIpc) is 2.97. The van der Waals surface area contributed by atoms with Gasteiger partial charge in [0, 0.05) is 17.6 Å². The Morgan fingerprint density at radius 3 is 3.05 bits per heavy atom. The van der Waals surface area contributed by atoms with E-state index in [1.54, 1.807) is 11.3 Å². The van der Waals surface area contributed by atoms with Gasteiger partial charge in [0.2, 0.25) is 0 Å². The van der Waals surface area contributed by atoms with Gasteiger partial charge in [-0.3, -0.25) is 0 Å². The van der Waals surface area contributed by atoms with Crippen LogP contribution in [-0.2, 0) is 13.0 Å². The summed E-state index contributed by atoms with van der Waals surface area (Å²) in [5, 5.41) is 3.51. The van der Waals surface area contributed by atoms with Gasteiger partial charge in [-0.25, -0.2) is 9.97 Å². The number of benzene rings is 1. The first-order valence-corrected chi connectivity index (χ1v) is 8.29. The molecule has 0 amide bonds. The fraction of sp³-hybridized carbons (Fsp3) is 0.250. The number of fused-ring (bicyclic) bond motifs is 2. The van der Waals surface area contributed by atoms with Crippen LogP contribution in [0.5, 0.6) is 0 Å². The van der Waals surface area contributed by atoms with Crippen LogP contribution in [0.15, 0.2) is 35.7 Å². The topological polar surface area (TPSA) is 29.0 Å². The first-order valence-electron chi connectivity index (χ1n) is 7.04. The lowest BCUT2D eigenvalue weighted by atomic mass is 10.0. The highest BCUT2D eigenvalue weighted by atomic mass is 35.5. The molecule has 0 N–H and O–H groups in total. The van der Waals surface area contributed by atoms with Gasteiger partial charge in [-0.05, 0) is 35.9 Å². The molecule has 0 fully saturated rings. The molecule has 0 saturated carbocycles. The molecule has 5 heteroatoms. The van der Waals surface area contributed by atoms with E-state index < -0.39 is 0 Å². The Labute approximate surface area is 132 Å². The molecule has 0 saturated heterocycles. The van der Waals surface area contributed by atoms with Gasteiger partial charge >= 0.3 is 0 Å². The smallest absolute Gasteiger partial charge is 0.151 e. The third kappa shape index (κ3) is 2.39. The summed E-state index contributed by atoms with van der Waals surface area (Å²) in [4.78, 5) is 12.4. The standard InChI is InChI=1S/C16H14ClN3S/c17-15-12-7-9-21-16(12)19-14(18-15)10-20-8-3-5-11-4-1-2-6-13(11)20/h1-2,4,6-7,9H,3,5,8,10H2. The molecule has 1 aliphatic rings. The Morgan fingerprint density at radius 1 is 1.19 bits per heavy atom. The lowest BCUT2D eigenvalue weighted by molar-refractivity contribution is 0.676. The molecule has 0 aliphatic carbocycles. The molecule has 0 bridgehead atoms. The fourth-order valence-corrected chi connectivity index (χ4v) is 3.97. The second-order valence-electron chi connectivity index (χ2n) is 5.22. The third-order valence-corrected chi connectivity index (χ3v) is 4.96. The van der Waals surface area contributed by atoms with Gasteiger partial charge in [0.15, 0.2) is 5.82 Å². The molecule has 0 unspecified atom stereocenters. The van der Waals surface area contributed by atoms with Crippen LogP contribution in [0.1, 0.15) is 17.8 Å². The molecule has 1 aliphatic heterocycles. The van der Waals surface area contributed by atoms with E-state index in [9.17, 15) is 0 Å². The zero-order valence-electron chi connectivity index (χ0n) is 11.4. The van der Waals surface area contributed by atoms with Gasteiger partial charge in [0.1, 0.15) is 9.98 Å². The normalized spacial score (nSPS) is 14.4.